The van der Waals surface area contributed by atoms with Gasteiger partial charge in [0, 0.05) is 23.1 Å². The molecule has 5 nitrogen and oxygen atoms in total. The summed E-state index contributed by atoms with van der Waals surface area (Å²) in [6.07, 6.45) is 4.76. The SMILES string of the molecule is CC(Oc1ccc(Cl)cc1)C(=O)NC(C)c1ccc(-n2ccnc2)cc1. The molecule has 2 unspecified atom stereocenters. The van der Waals surface area contributed by atoms with Crippen molar-refractivity contribution < 1.29 is 9.53 Å². The van der Waals surface area contributed by atoms with Gasteiger partial charge in [0.15, 0.2) is 6.10 Å². The van der Waals surface area contributed by atoms with E-state index in [0.717, 1.165) is 11.3 Å². The van der Waals surface area contributed by atoms with Crippen molar-refractivity contribution in [3.8, 4) is 11.4 Å². The summed E-state index contributed by atoms with van der Waals surface area (Å²) in [6.45, 7) is 3.66. The Hall–Kier alpha value is -2.79. The highest BCUT2D eigenvalue weighted by molar-refractivity contribution is 6.30. The number of aromatic nitrogens is 2. The summed E-state index contributed by atoms with van der Waals surface area (Å²) in [5.41, 5.74) is 2.03. The first kappa shape index (κ1) is 18.0. The van der Waals surface area contributed by atoms with Crippen LogP contribution in [-0.2, 0) is 4.79 Å². The first-order chi connectivity index (χ1) is 12.5. The zero-order valence-corrected chi connectivity index (χ0v) is 15.4. The predicted octanol–water partition coefficient (Wildman–Crippen LogP) is 4.17. The van der Waals surface area contributed by atoms with E-state index in [2.05, 4.69) is 10.3 Å². The van der Waals surface area contributed by atoms with Crippen molar-refractivity contribution >= 4 is 17.5 Å². The molecule has 0 aliphatic carbocycles. The Balaban J connectivity index is 1.58. The lowest BCUT2D eigenvalue weighted by molar-refractivity contribution is -0.127. The van der Waals surface area contributed by atoms with E-state index in [1.54, 1.807) is 43.7 Å². The molecule has 2 aromatic carbocycles. The summed E-state index contributed by atoms with van der Waals surface area (Å²) in [7, 11) is 0. The van der Waals surface area contributed by atoms with Gasteiger partial charge in [-0.05, 0) is 55.8 Å². The topological polar surface area (TPSA) is 56.1 Å². The molecule has 1 aromatic heterocycles. The first-order valence-corrected chi connectivity index (χ1v) is 8.71. The number of nitrogens with one attached hydrogen (secondary N) is 1. The van der Waals surface area contributed by atoms with E-state index in [0.29, 0.717) is 10.8 Å². The lowest BCUT2D eigenvalue weighted by Gasteiger charge is -2.19. The number of ether oxygens (including phenoxy) is 1. The van der Waals surface area contributed by atoms with Crippen LogP contribution < -0.4 is 10.1 Å². The maximum absolute atomic E-state index is 12.4. The first-order valence-electron chi connectivity index (χ1n) is 8.34. The zero-order valence-electron chi connectivity index (χ0n) is 14.6. The van der Waals surface area contributed by atoms with Gasteiger partial charge in [-0.15, -0.1) is 0 Å². The van der Waals surface area contributed by atoms with E-state index in [-0.39, 0.29) is 11.9 Å². The van der Waals surface area contributed by atoms with Gasteiger partial charge in [0.05, 0.1) is 12.4 Å². The number of benzene rings is 2. The molecule has 0 fully saturated rings. The molecule has 3 aromatic rings. The monoisotopic (exact) mass is 369 g/mol. The fraction of sp³-hybridized carbons (Fsp3) is 0.200. The van der Waals surface area contributed by atoms with E-state index in [9.17, 15) is 4.79 Å². The zero-order chi connectivity index (χ0) is 18.5. The molecule has 3 rings (SSSR count). The van der Waals surface area contributed by atoms with Gasteiger partial charge in [0.2, 0.25) is 0 Å². The molecule has 26 heavy (non-hydrogen) atoms. The molecule has 0 radical (unpaired) electrons. The molecule has 0 saturated heterocycles. The highest BCUT2D eigenvalue weighted by atomic mass is 35.5. The summed E-state index contributed by atoms with van der Waals surface area (Å²) in [5.74, 6) is 0.431. The van der Waals surface area contributed by atoms with E-state index >= 15 is 0 Å². The van der Waals surface area contributed by atoms with Gasteiger partial charge in [-0.1, -0.05) is 23.7 Å². The largest absolute Gasteiger partial charge is 0.481 e. The molecule has 6 heteroatoms. The molecule has 134 valence electrons. The molecular formula is C20H20ClN3O2. The Bertz CT molecular complexity index is 846. The summed E-state index contributed by atoms with van der Waals surface area (Å²) in [4.78, 5) is 16.4. The fourth-order valence-corrected chi connectivity index (χ4v) is 2.66. The van der Waals surface area contributed by atoms with Gasteiger partial charge < -0.3 is 14.6 Å². The van der Waals surface area contributed by atoms with Crippen LogP contribution in [0.1, 0.15) is 25.5 Å². The van der Waals surface area contributed by atoms with Gasteiger partial charge in [-0.2, -0.15) is 0 Å². The van der Waals surface area contributed by atoms with E-state index < -0.39 is 6.10 Å². The molecule has 1 amide bonds. The fourth-order valence-electron chi connectivity index (χ4n) is 2.53. The minimum Gasteiger partial charge on any atom is -0.481 e. The quantitative estimate of drug-likeness (QED) is 0.709. The Morgan fingerprint density at radius 1 is 1.12 bits per heavy atom. The number of halogens is 1. The second kappa shape index (κ2) is 8.06. The van der Waals surface area contributed by atoms with Crippen LogP contribution in [0.4, 0.5) is 0 Å². The number of hydrogen-bond acceptors (Lipinski definition) is 3. The van der Waals surface area contributed by atoms with Crippen molar-refractivity contribution in [3.05, 3.63) is 77.8 Å². The van der Waals surface area contributed by atoms with Crippen LogP contribution in [0, 0.1) is 0 Å². The van der Waals surface area contributed by atoms with E-state index in [1.807, 2.05) is 42.0 Å². The average molecular weight is 370 g/mol. The molecule has 2 atom stereocenters. The van der Waals surface area contributed by atoms with Crippen LogP contribution in [0.15, 0.2) is 67.3 Å². The van der Waals surface area contributed by atoms with Gasteiger partial charge in [0.1, 0.15) is 5.75 Å². The van der Waals surface area contributed by atoms with Crippen LogP contribution >= 0.6 is 11.6 Å². The average Bonchev–Trinajstić information content (AvgIpc) is 3.18. The van der Waals surface area contributed by atoms with Crippen molar-refractivity contribution in [3.63, 3.8) is 0 Å². The normalized spacial score (nSPS) is 13.0. The maximum Gasteiger partial charge on any atom is 0.261 e. The van der Waals surface area contributed by atoms with Crippen LogP contribution in [-0.4, -0.2) is 21.6 Å². The summed E-state index contributed by atoms with van der Waals surface area (Å²) < 4.78 is 7.58. The smallest absolute Gasteiger partial charge is 0.261 e. The maximum atomic E-state index is 12.4. The number of hydrogen-bond donors (Lipinski definition) is 1. The second-order valence-electron chi connectivity index (χ2n) is 6.01. The van der Waals surface area contributed by atoms with E-state index in [1.165, 1.54) is 0 Å². The molecule has 1 N–H and O–H groups in total. The third-order valence-electron chi connectivity index (χ3n) is 4.05. The van der Waals surface area contributed by atoms with Gasteiger partial charge in [0.25, 0.3) is 5.91 Å². The van der Waals surface area contributed by atoms with Crippen LogP contribution in [0.3, 0.4) is 0 Å². The lowest BCUT2D eigenvalue weighted by Crippen LogP contribution is -2.37. The summed E-state index contributed by atoms with van der Waals surface area (Å²) in [5, 5.41) is 3.60. The van der Waals surface area contributed by atoms with Gasteiger partial charge in [-0.3, -0.25) is 4.79 Å². The van der Waals surface area contributed by atoms with Crippen LogP contribution in [0.5, 0.6) is 5.75 Å². The molecule has 0 bridgehead atoms. The highest BCUT2D eigenvalue weighted by Crippen LogP contribution is 2.18. The third-order valence-corrected chi connectivity index (χ3v) is 4.30. The molecule has 1 heterocycles. The van der Waals surface area contributed by atoms with Crippen molar-refractivity contribution in [2.75, 3.05) is 0 Å². The van der Waals surface area contributed by atoms with Crippen molar-refractivity contribution in [2.24, 2.45) is 0 Å². The Labute approximate surface area is 157 Å². The summed E-state index contributed by atoms with van der Waals surface area (Å²) in [6, 6.07) is 14.8. The molecule has 0 aliphatic heterocycles. The van der Waals surface area contributed by atoms with E-state index in [4.69, 9.17) is 16.3 Å². The lowest BCUT2D eigenvalue weighted by atomic mass is 10.1. The highest BCUT2D eigenvalue weighted by Gasteiger charge is 2.17. The molecule has 0 aliphatic rings. The molecular weight excluding hydrogens is 350 g/mol. The number of carbonyl (C=O) groups excluding carboxylic acids is 1. The standard InChI is InChI=1S/C20H20ClN3O2/c1-14(16-3-7-18(8-4-16)24-12-11-22-13-24)23-20(25)15(2)26-19-9-5-17(21)6-10-19/h3-15H,1-2H3,(H,23,25). The Kier molecular flexibility index (Phi) is 5.58. The van der Waals surface area contributed by atoms with Crippen molar-refractivity contribution in [1.82, 2.24) is 14.9 Å². The van der Waals surface area contributed by atoms with Crippen LogP contribution in [0.2, 0.25) is 5.02 Å². The Morgan fingerprint density at radius 2 is 1.81 bits per heavy atom. The van der Waals surface area contributed by atoms with Crippen molar-refractivity contribution in [2.45, 2.75) is 26.0 Å². The van der Waals surface area contributed by atoms with Crippen LogP contribution in [0.25, 0.3) is 5.69 Å². The number of nitrogens with zero attached hydrogens (tertiary/aromatic N) is 2. The van der Waals surface area contributed by atoms with Crippen molar-refractivity contribution in [1.29, 1.82) is 0 Å². The predicted molar refractivity (Wildman–Crippen MR) is 102 cm³/mol. The molecule has 0 spiro atoms. The number of carbonyl (C=O) groups is 1. The Morgan fingerprint density at radius 3 is 2.42 bits per heavy atom. The van der Waals surface area contributed by atoms with Gasteiger partial charge in [-0.25, -0.2) is 4.98 Å². The number of amides is 1. The summed E-state index contributed by atoms with van der Waals surface area (Å²) >= 11 is 5.85. The molecule has 0 saturated carbocycles. The minimum absolute atomic E-state index is 0.129. The number of rotatable bonds is 6. The van der Waals surface area contributed by atoms with Gasteiger partial charge >= 0.3 is 0 Å². The third kappa shape index (κ3) is 4.43. The number of imidazole rings is 1. The minimum atomic E-state index is -0.608. The second-order valence-corrected chi connectivity index (χ2v) is 6.44.